The van der Waals surface area contributed by atoms with Gasteiger partial charge in [0.15, 0.2) is 0 Å². The van der Waals surface area contributed by atoms with Gasteiger partial charge < -0.3 is 10.6 Å². The van der Waals surface area contributed by atoms with Crippen molar-refractivity contribution in [3.05, 3.63) is 52.2 Å². The Kier molecular flexibility index (Phi) is 6.40. The number of hydrogen-bond acceptors (Lipinski definition) is 5. The Labute approximate surface area is 164 Å². The number of rotatable bonds is 8. The first-order chi connectivity index (χ1) is 13.1. The maximum atomic E-state index is 12.1. The van der Waals surface area contributed by atoms with E-state index in [0.717, 1.165) is 53.2 Å². The lowest BCUT2D eigenvalue weighted by Crippen LogP contribution is -2.24. The van der Waals surface area contributed by atoms with E-state index in [4.69, 9.17) is 0 Å². The van der Waals surface area contributed by atoms with Crippen LogP contribution in [0, 0.1) is 6.92 Å². The molecule has 0 saturated carbocycles. The van der Waals surface area contributed by atoms with Crippen LogP contribution < -0.4 is 10.6 Å². The second-order valence-electron chi connectivity index (χ2n) is 6.56. The molecule has 1 aromatic carbocycles. The van der Waals surface area contributed by atoms with Gasteiger partial charge in [0.1, 0.15) is 16.5 Å². The number of aryl methyl sites for hydroxylation is 2. The van der Waals surface area contributed by atoms with E-state index in [2.05, 4.69) is 40.5 Å². The first kappa shape index (κ1) is 19.3. The molecule has 0 spiro atoms. The van der Waals surface area contributed by atoms with Crippen molar-refractivity contribution in [1.82, 2.24) is 15.3 Å². The monoisotopic (exact) mass is 382 g/mol. The molecule has 2 aromatic heterocycles. The highest BCUT2D eigenvalue weighted by Gasteiger charge is 2.10. The highest BCUT2D eigenvalue weighted by molar-refractivity contribution is 7.18. The molecule has 0 aliphatic heterocycles. The van der Waals surface area contributed by atoms with Gasteiger partial charge in [0.2, 0.25) is 0 Å². The van der Waals surface area contributed by atoms with Gasteiger partial charge in [-0.05, 0) is 43.5 Å². The van der Waals surface area contributed by atoms with Crippen molar-refractivity contribution in [2.24, 2.45) is 0 Å². The summed E-state index contributed by atoms with van der Waals surface area (Å²) in [7, 11) is 0. The van der Waals surface area contributed by atoms with Crippen LogP contribution in [0.3, 0.4) is 0 Å². The summed E-state index contributed by atoms with van der Waals surface area (Å²) >= 11 is 1.72. The third-order valence-corrected chi connectivity index (χ3v) is 5.57. The van der Waals surface area contributed by atoms with Crippen molar-refractivity contribution in [1.29, 1.82) is 0 Å². The first-order valence-electron chi connectivity index (χ1n) is 9.48. The molecule has 0 aliphatic rings. The number of fused-ring (bicyclic) bond motifs is 1. The Balaban J connectivity index is 1.67. The fourth-order valence-corrected chi connectivity index (χ4v) is 3.84. The van der Waals surface area contributed by atoms with Crippen LogP contribution in [0.1, 0.15) is 53.3 Å². The zero-order valence-electron chi connectivity index (χ0n) is 16.1. The normalized spacial score (nSPS) is 10.9. The number of benzene rings is 1. The predicted octanol–water partition coefficient (Wildman–Crippen LogP) is 4.70. The van der Waals surface area contributed by atoms with E-state index in [1.165, 1.54) is 4.88 Å². The Morgan fingerprint density at radius 1 is 1.15 bits per heavy atom. The van der Waals surface area contributed by atoms with Crippen molar-refractivity contribution in [3.63, 3.8) is 0 Å². The Morgan fingerprint density at radius 2 is 1.93 bits per heavy atom. The van der Waals surface area contributed by atoms with Crippen molar-refractivity contribution >= 4 is 33.3 Å². The van der Waals surface area contributed by atoms with Gasteiger partial charge in [0.05, 0.1) is 5.39 Å². The van der Waals surface area contributed by atoms with Crippen molar-refractivity contribution in [2.45, 2.75) is 46.6 Å². The molecule has 5 nitrogen and oxygen atoms in total. The lowest BCUT2D eigenvalue weighted by molar-refractivity contribution is 0.0953. The summed E-state index contributed by atoms with van der Waals surface area (Å²) in [6.45, 7) is 7.56. The van der Waals surface area contributed by atoms with Gasteiger partial charge in [-0.15, -0.1) is 11.3 Å². The van der Waals surface area contributed by atoms with Crippen LogP contribution in [0.5, 0.6) is 0 Å². The molecule has 2 N–H and O–H groups in total. The van der Waals surface area contributed by atoms with E-state index in [9.17, 15) is 4.79 Å². The molecule has 0 fully saturated rings. The van der Waals surface area contributed by atoms with Gasteiger partial charge in [0, 0.05) is 23.5 Å². The summed E-state index contributed by atoms with van der Waals surface area (Å²) in [4.78, 5) is 23.5. The molecule has 0 atom stereocenters. The number of amides is 1. The van der Waals surface area contributed by atoms with Crippen LogP contribution >= 0.6 is 11.3 Å². The number of thiophene rings is 1. The Hall–Kier alpha value is -2.47. The van der Waals surface area contributed by atoms with Gasteiger partial charge in [0.25, 0.3) is 5.91 Å². The van der Waals surface area contributed by atoms with E-state index in [-0.39, 0.29) is 5.91 Å². The second-order valence-corrected chi connectivity index (χ2v) is 7.68. The number of nitrogens with one attached hydrogen (secondary N) is 2. The minimum Gasteiger partial charge on any atom is -0.365 e. The molecule has 3 aromatic rings. The van der Waals surface area contributed by atoms with Gasteiger partial charge in [-0.25, -0.2) is 9.97 Å². The van der Waals surface area contributed by atoms with Crippen LogP contribution in [-0.2, 0) is 13.0 Å². The molecule has 3 rings (SSSR count). The fourth-order valence-electron chi connectivity index (χ4n) is 2.83. The van der Waals surface area contributed by atoms with Crippen molar-refractivity contribution in [3.8, 4) is 0 Å². The minimum absolute atomic E-state index is 0.0125. The summed E-state index contributed by atoms with van der Waals surface area (Å²) in [5, 5.41) is 7.45. The maximum absolute atomic E-state index is 12.1. The number of carbonyl (C=O) groups is 1. The largest absolute Gasteiger partial charge is 0.365 e. The molecule has 6 heteroatoms. The van der Waals surface area contributed by atoms with E-state index in [1.807, 2.05) is 31.2 Å². The van der Waals surface area contributed by atoms with E-state index in [0.29, 0.717) is 12.1 Å². The van der Waals surface area contributed by atoms with Crippen LogP contribution in [0.15, 0.2) is 30.3 Å². The van der Waals surface area contributed by atoms with Gasteiger partial charge >= 0.3 is 0 Å². The molecule has 0 radical (unpaired) electrons. The van der Waals surface area contributed by atoms with Crippen LogP contribution in [0.25, 0.3) is 10.2 Å². The Bertz CT molecular complexity index is 918. The smallest absolute Gasteiger partial charge is 0.251 e. The molecule has 0 aliphatic carbocycles. The first-order valence-corrected chi connectivity index (χ1v) is 10.3. The summed E-state index contributed by atoms with van der Waals surface area (Å²) in [5.41, 5.74) is 1.80. The molecular formula is C21H26N4OS. The van der Waals surface area contributed by atoms with E-state index < -0.39 is 0 Å². The number of unbranched alkanes of at least 4 members (excludes halogenated alkanes) is 1. The topological polar surface area (TPSA) is 66.9 Å². The average molecular weight is 383 g/mol. The molecular weight excluding hydrogens is 356 g/mol. The van der Waals surface area contributed by atoms with Crippen molar-refractivity contribution < 1.29 is 4.79 Å². The van der Waals surface area contributed by atoms with Gasteiger partial charge in [-0.2, -0.15) is 0 Å². The molecule has 2 heterocycles. The van der Waals surface area contributed by atoms with Crippen LogP contribution in [0.4, 0.5) is 5.82 Å². The van der Waals surface area contributed by atoms with Gasteiger partial charge in [-0.3, -0.25) is 4.79 Å². The molecule has 0 saturated heterocycles. The number of aromatic nitrogens is 2. The van der Waals surface area contributed by atoms with E-state index >= 15 is 0 Å². The highest BCUT2D eigenvalue weighted by atomic mass is 32.1. The molecule has 1 amide bonds. The third kappa shape index (κ3) is 4.83. The zero-order valence-corrected chi connectivity index (χ0v) is 16.9. The number of carbonyl (C=O) groups excluding carboxylic acids is 1. The second kappa shape index (κ2) is 8.95. The fraction of sp³-hybridized carbons (Fsp3) is 0.381. The van der Waals surface area contributed by atoms with Gasteiger partial charge in [-0.1, -0.05) is 32.4 Å². The summed E-state index contributed by atoms with van der Waals surface area (Å²) < 4.78 is 0. The molecule has 27 heavy (non-hydrogen) atoms. The molecule has 0 bridgehead atoms. The number of nitrogens with zero attached hydrogens (tertiary/aromatic N) is 2. The lowest BCUT2D eigenvalue weighted by Gasteiger charge is -2.09. The number of hydrogen-bond donors (Lipinski definition) is 2. The van der Waals surface area contributed by atoms with Crippen LogP contribution in [-0.4, -0.2) is 22.4 Å². The zero-order chi connectivity index (χ0) is 19.2. The average Bonchev–Trinajstić information content (AvgIpc) is 3.09. The summed E-state index contributed by atoms with van der Waals surface area (Å²) in [6.07, 6.45) is 3.08. The minimum atomic E-state index is -0.0125. The SMILES string of the molecule is CCCCNC(=O)c1ccc(CNc2nc(C)nc3sc(CC)cc23)cc1. The van der Waals surface area contributed by atoms with Crippen molar-refractivity contribution in [2.75, 3.05) is 11.9 Å². The highest BCUT2D eigenvalue weighted by Crippen LogP contribution is 2.29. The predicted molar refractivity (Wildman–Crippen MR) is 113 cm³/mol. The number of anilines is 1. The molecule has 142 valence electrons. The standard InChI is InChI=1S/C21H26N4OS/c1-4-6-11-22-20(26)16-9-7-15(8-10-16)13-23-19-18-12-17(5-2)27-21(18)25-14(3)24-19/h7-10,12H,4-6,11,13H2,1-3H3,(H,22,26)(H,23,24,25). The third-order valence-electron chi connectivity index (χ3n) is 4.40. The summed E-state index contributed by atoms with van der Waals surface area (Å²) in [5.74, 6) is 1.63. The lowest BCUT2D eigenvalue weighted by atomic mass is 10.1. The van der Waals surface area contributed by atoms with E-state index in [1.54, 1.807) is 11.3 Å². The maximum Gasteiger partial charge on any atom is 0.251 e. The quantitative estimate of drug-likeness (QED) is 0.554. The molecule has 0 unspecified atom stereocenters. The Morgan fingerprint density at radius 3 is 2.63 bits per heavy atom. The summed E-state index contributed by atoms with van der Waals surface area (Å²) in [6, 6.07) is 9.89. The van der Waals surface area contributed by atoms with Crippen LogP contribution in [0.2, 0.25) is 0 Å².